The van der Waals surface area contributed by atoms with Gasteiger partial charge in [0.2, 0.25) is 14.2 Å². The molecule has 0 aromatic heterocycles. The average molecular weight is 485 g/mol. The number of carbonyl (C=O) groups excluding carboxylic acids is 2. The molecule has 0 radical (unpaired) electrons. The van der Waals surface area contributed by atoms with Crippen LogP contribution >= 0.6 is 34.4 Å². The fourth-order valence-electron chi connectivity index (χ4n) is 2.57. The maximum Gasteiger partial charge on any atom is 0.341 e. The van der Waals surface area contributed by atoms with E-state index in [9.17, 15) is 9.59 Å². The lowest BCUT2D eigenvalue weighted by atomic mass is 10.0. The van der Waals surface area contributed by atoms with Crippen molar-refractivity contribution in [3.8, 4) is 0 Å². The van der Waals surface area contributed by atoms with Crippen molar-refractivity contribution < 1.29 is 14.0 Å². The Hall–Kier alpha value is 0.154. The molecule has 0 aliphatic carbocycles. The van der Waals surface area contributed by atoms with E-state index in [4.69, 9.17) is 4.43 Å². The van der Waals surface area contributed by atoms with E-state index >= 15 is 0 Å². The van der Waals surface area contributed by atoms with Gasteiger partial charge < -0.3 is 9.41 Å². The number of rotatable bonds is 5. The molecular formula is C14H25IN2O3SSi2. The summed E-state index contributed by atoms with van der Waals surface area (Å²) in [5.74, 6) is 0.479. The van der Waals surface area contributed by atoms with Gasteiger partial charge in [0, 0.05) is 10.2 Å². The number of alkyl halides is 1. The zero-order chi connectivity index (χ0) is 17.6. The molecule has 1 fully saturated rings. The van der Waals surface area contributed by atoms with E-state index in [0.29, 0.717) is 5.70 Å². The maximum atomic E-state index is 12.7. The predicted octanol–water partition coefficient (Wildman–Crippen LogP) is 2.76. The highest BCUT2D eigenvalue weighted by Gasteiger charge is 2.54. The lowest BCUT2D eigenvalue weighted by Gasteiger charge is -2.51. The van der Waals surface area contributed by atoms with Gasteiger partial charge in [-0.1, -0.05) is 42.2 Å². The number of nitrogens with one attached hydrogen (secondary N) is 1. The third-order valence-corrected chi connectivity index (χ3v) is 7.62. The standard InChI is InChI=1S/C14H25IN2O3SSi2/c1-22(2,3)16-10-12(18)17-11(14(19)20-23(4,5)6)9(7-15)8-21-13(10)17/h10,13,16H,7-8H2,1-6H3/t10?,13-/m0/s1. The first-order chi connectivity index (χ1) is 10.4. The lowest BCUT2D eigenvalue weighted by molar-refractivity contribution is -0.147. The molecule has 130 valence electrons. The van der Waals surface area contributed by atoms with Crippen LogP contribution in [0.4, 0.5) is 0 Å². The number of hydrogen-bond donors (Lipinski definition) is 1. The molecule has 2 aliphatic rings. The third kappa shape index (κ3) is 4.41. The van der Waals surface area contributed by atoms with Gasteiger partial charge in [-0.2, -0.15) is 0 Å². The van der Waals surface area contributed by atoms with Crippen LogP contribution in [0.25, 0.3) is 0 Å². The first-order valence-electron chi connectivity index (χ1n) is 7.68. The van der Waals surface area contributed by atoms with E-state index in [2.05, 4.69) is 47.2 Å². The third-order valence-electron chi connectivity index (χ3n) is 3.39. The van der Waals surface area contributed by atoms with Crippen molar-refractivity contribution in [3.05, 3.63) is 11.3 Å². The molecule has 2 rings (SSSR count). The fraction of sp³-hybridized carbons (Fsp3) is 0.714. The molecule has 2 heterocycles. The van der Waals surface area contributed by atoms with Gasteiger partial charge in [-0.05, 0) is 25.2 Å². The van der Waals surface area contributed by atoms with Crippen molar-refractivity contribution in [1.29, 1.82) is 0 Å². The molecule has 9 heteroatoms. The van der Waals surface area contributed by atoms with Gasteiger partial charge in [-0.3, -0.25) is 9.69 Å². The molecule has 0 bridgehead atoms. The van der Waals surface area contributed by atoms with Crippen LogP contribution in [-0.4, -0.2) is 54.9 Å². The van der Waals surface area contributed by atoms with Crippen molar-refractivity contribution in [2.24, 2.45) is 0 Å². The Labute approximate surface area is 158 Å². The van der Waals surface area contributed by atoms with Crippen LogP contribution in [0.2, 0.25) is 39.3 Å². The van der Waals surface area contributed by atoms with Gasteiger partial charge in [0.25, 0.3) is 0 Å². The number of nitrogens with zero attached hydrogens (tertiary/aromatic N) is 1. The highest BCUT2D eigenvalue weighted by molar-refractivity contribution is 14.1. The molecule has 23 heavy (non-hydrogen) atoms. The fourth-order valence-corrected chi connectivity index (χ4v) is 6.90. The second-order valence-electron chi connectivity index (χ2n) is 7.87. The number of thioether (sulfide) groups is 1. The van der Waals surface area contributed by atoms with Crippen LogP contribution in [0.15, 0.2) is 11.3 Å². The molecule has 0 aromatic rings. The van der Waals surface area contributed by atoms with Crippen molar-refractivity contribution in [3.63, 3.8) is 0 Å². The van der Waals surface area contributed by atoms with Gasteiger partial charge in [-0.25, -0.2) is 4.79 Å². The summed E-state index contributed by atoms with van der Waals surface area (Å²) in [6.45, 7) is 12.5. The van der Waals surface area contributed by atoms with Crippen LogP contribution in [0.3, 0.4) is 0 Å². The normalized spacial score (nSPS) is 25.2. The molecule has 2 atom stereocenters. The Balaban J connectivity index is 2.25. The highest BCUT2D eigenvalue weighted by Crippen LogP contribution is 2.41. The lowest BCUT2D eigenvalue weighted by Crippen LogP contribution is -2.73. The molecule has 0 aromatic carbocycles. The minimum absolute atomic E-state index is 0.00880. The molecule has 1 saturated heterocycles. The van der Waals surface area contributed by atoms with E-state index in [1.54, 1.807) is 16.7 Å². The Morgan fingerprint density at radius 1 is 1.35 bits per heavy atom. The van der Waals surface area contributed by atoms with Crippen LogP contribution in [0, 0.1) is 0 Å². The molecule has 1 amide bonds. The predicted molar refractivity (Wildman–Crippen MR) is 109 cm³/mol. The smallest absolute Gasteiger partial charge is 0.341 e. The molecule has 5 nitrogen and oxygen atoms in total. The van der Waals surface area contributed by atoms with Crippen LogP contribution in [0.1, 0.15) is 0 Å². The number of fused-ring (bicyclic) bond motifs is 1. The summed E-state index contributed by atoms with van der Waals surface area (Å²) < 4.78 is 6.41. The number of carbonyl (C=O) groups is 2. The summed E-state index contributed by atoms with van der Waals surface area (Å²) in [5, 5.41) is 0.0186. The van der Waals surface area contributed by atoms with Crippen molar-refractivity contribution in [2.45, 2.75) is 50.7 Å². The van der Waals surface area contributed by atoms with Gasteiger partial charge in [0.15, 0.2) is 0 Å². The van der Waals surface area contributed by atoms with Gasteiger partial charge >= 0.3 is 5.97 Å². The summed E-state index contributed by atoms with van der Waals surface area (Å²) in [6.07, 6.45) is 0. The second-order valence-corrected chi connectivity index (χ2v) is 19.0. The first kappa shape index (κ1) is 19.5. The molecule has 0 saturated carbocycles. The van der Waals surface area contributed by atoms with Crippen molar-refractivity contribution in [2.75, 3.05) is 10.2 Å². The van der Waals surface area contributed by atoms with E-state index < -0.39 is 16.6 Å². The Morgan fingerprint density at radius 3 is 2.43 bits per heavy atom. The van der Waals surface area contributed by atoms with Crippen LogP contribution in [0.5, 0.6) is 0 Å². The number of amides is 1. The Kier molecular flexibility index (Phi) is 5.77. The SMILES string of the molecule is C[Si](C)(C)NC1C(=O)N2C(C(=O)O[Si](C)(C)C)=C(CI)CS[C@@H]12. The zero-order valence-electron chi connectivity index (χ0n) is 14.5. The summed E-state index contributed by atoms with van der Waals surface area (Å²) in [5.41, 5.74) is 1.51. The van der Waals surface area contributed by atoms with E-state index in [-0.39, 0.29) is 23.3 Å². The molecular weight excluding hydrogens is 459 g/mol. The van der Waals surface area contributed by atoms with E-state index in [0.717, 1.165) is 15.8 Å². The van der Waals surface area contributed by atoms with Crippen LogP contribution in [-0.2, 0) is 14.0 Å². The molecule has 0 spiro atoms. The summed E-state index contributed by atoms with van der Waals surface area (Å²) in [4.78, 5) is 30.5. The average Bonchev–Trinajstić information content (AvgIpc) is 2.40. The van der Waals surface area contributed by atoms with Gasteiger partial charge in [0.05, 0.1) is 0 Å². The van der Waals surface area contributed by atoms with E-state index in [1.165, 1.54) is 0 Å². The van der Waals surface area contributed by atoms with Crippen LogP contribution < -0.4 is 4.98 Å². The largest absolute Gasteiger partial charge is 0.515 e. The quantitative estimate of drug-likeness (QED) is 0.282. The summed E-state index contributed by atoms with van der Waals surface area (Å²) in [7, 11) is -3.55. The first-order valence-corrected chi connectivity index (χ1v) is 17.2. The van der Waals surface area contributed by atoms with Crippen molar-refractivity contribution >= 4 is 62.8 Å². The number of hydrogen-bond acceptors (Lipinski definition) is 5. The highest BCUT2D eigenvalue weighted by atomic mass is 127. The number of β-lactam (4-membered cyclic amide) rings is 1. The van der Waals surface area contributed by atoms with Gasteiger partial charge in [-0.15, -0.1) is 11.8 Å². The minimum Gasteiger partial charge on any atom is -0.515 e. The summed E-state index contributed by atoms with van der Waals surface area (Å²) in [6, 6.07) is -0.169. The summed E-state index contributed by atoms with van der Waals surface area (Å²) >= 11 is 4.00. The second kappa shape index (κ2) is 6.81. The maximum absolute atomic E-state index is 12.7. The molecule has 2 aliphatic heterocycles. The molecule has 1 N–H and O–H groups in total. The Morgan fingerprint density at radius 2 is 1.96 bits per heavy atom. The van der Waals surface area contributed by atoms with Crippen molar-refractivity contribution in [1.82, 2.24) is 9.88 Å². The minimum atomic E-state index is -1.99. The number of halogens is 1. The Bertz CT molecular complexity index is 557. The molecule has 1 unspecified atom stereocenters. The zero-order valence-corrected chi connectivity index (χ0v) is 19.5. The van der Waals surface area contributed by atoms with E-state index in [1.807, 2.05) is 19.6 Å². The monoisotopic (exact) mass is 484 g/mol. The van der Waals surface area contributed by atoms with Gasteiger partial charge in [0.1, 0.15) is 25.3 Å². The topological polar surface area (TPSA) is 58.6 Å².